The average Bonchev–Trinajstić information content (AvgIpc) is 2.43. The molecule has 7 nitrogen and oxygen atoms in total. The van der Waals surface area contributed by atoms with Crippen LogP contribution in [-0.2, 0) is 16.1 Å². The molecule has 0 radical (unpaired) electrons. The van der Waals surface area contributed by atoms with Crippen molar-refractivity contribution in [1.29, 1.82) is 0 Å². The number of ether oxygens (including phenoxy) is 3. The molecule has 0 aliphatic rings. The number of nitro groups is 1. The highest BCUT2D eigenvalue weighted by Crippen LogP contribution is 2.34. The summed E-state index contributed by atoms with van der Waals surface area (Å²) in [5.74, 6) is -0.446. The number of benzene rings is 1. The Morgan fingerprint density at radius 3 is 2.37 bits per heavy atom. The summed E-state index contributed by atoms with van der Waals surface area (Å²) in [6, 6.07) is 2.60. The van der Waals surface area contributed by atoms with Gasteiger partial charge in [-0.2, -0.15) is 0 Å². The fraction of sp³-hybridized carbons (Fsp3) is 0.364. The van der Waals surface area contributed by atoms with E-state index in [9.17, 15) is 14.9 Å². The topological polar surface area (TPSA) is 87.9 Å². The van der Waals surface area contributed by atoms with Crippen LogP contribution in [0.15, 0.2) is 12.1 Å². The molecule has 0 saturated carbocycles. The van der Waals surface area contributed by atoms with Crippen molar-refractivity contribution in [2.24, 2.45) is 0 Å². The molecule has 0 N–H and O–H groups in total. The zero-order chi connectivity index (χ0) is 14.4. The van der Waals surface area contributed by atoms with Crippen LogP contribution < -0.4 is 9.47 Å². The summed E-state index contributed by atoms with van der Waals surface area (Å²) in [7, 11) is 2.77. The van der Waals surface area contributed by atoms with Gasteiger partial charge >= 0.3 is 5.97 Å². The molecule has 0 heterocycles. The minimum Gasteiger partial charge on any atom is -0.493 e. The molecule has 0 unspecified atom stereocenters. The molecule has 104 valence electrons. The lowest BCUT2D eigenvalue weighted by atomic mass is 10.1. The van der Waals surface area contributed by atoms with Crippen LogP contribution in [-0.4, -0.2) is 31.0 Å². The van der Waals surface area contributed by atoms with E-state index in [0.29, 0.717) is 5.75 Å². The summed E-state index contributed by atoms with van der Waals surface area (Å²) in [5.41, 5.74) is -0.0267. The van der Waals surface area contributed by atoms with E-state index in [-0.39, 0.29) is 29.5 Å². The van der Waals surface area contributed by atoms with Gasteiger partial charge in [0, 0.05) is 0 Å². The Balaban J connectivity index is 3.12. The van der Waals surface area contributed by atoms with E-state index in [2.05, 4.69) is 0 Å². The number of rotatable bonds is 6. The van der Waals surface area contributed by atoms with Crippen molar-refractivity contribution in [3.05, 3.63) is 27.8 Å². The summed E-state index contributed by atoms with van der Waals surface area (Å²) in [6.45, 7) is -0.262. The van der Waals surface area contributed by atoms with Gasteiger partial charge in [0.25, 0.3) is 5.69 Å². The molecule has 0 fully saturated rings. The fourth-order valence-corrected chi connectivity index (χ4v) is 1.47. The molecule has 0 spiro atoms. The van der Waals surface area contributed by atoms with Crippen molar-refractivity contribution in [3.63, 3.8) is 0 Å². The molecule has 19 heavy (non-hydrogen) atoms. The lowest BCUT2D eigenvalue weighted by Gasteiger charge is -2.10. The van der Waals surface area contributed by atoms with Crippen molar-refractivity contribution >= 4 is 23.3 Å². The molecule has 0 atom stereocenters. The smallest absolute Gasteiger partial charge is 0.321 e. The molecule has 0 amide bonds. The third kappa shape index (κ3) is 3.72. The third-order valence-corrected chi connectivity index (χ3v) is 2.50. The molecule has 0 bridgehead atoms. The molecule has 1 aromatic carbocycles. The van der Waals surface area contributed by atoms with Crippen molar-refractivity contribution in [2.75, 3.05) is 20.1 Å². The van der Waals surface area contributed by atoms with Crippen LogP contribution in [0.4, 0.5) is 5.69 Å². The number of hydrogen-bond acceptors (Lipinski definition) is 6. The average molecular weight is 290 g/mol. The largest absolute Gasteiger partial charge is 0.493 e. The standard InChI is InChI=1S/C11H12ClNO6/c1-17-9-3-7(6-19-11(14)5-12)8(13(15)16)4-10(9)18-2/h3-4H,5-6H2,1-2H3. The Kier molecular flexibility index (Phi) is 5.37. The van der Waals surface area contributed by atoms with Gasteiger partial charge in [0.1, 0.15) is 12.5 Å². The fourth-order valence-electron chi connectivity index (χ4n) is 1.39. The lowest BCUT2D eigenvalue weighted by molar-refractivity contribution is -0.385. The Morgan fingerprint density at radius 2 is 1.89 bits per heavy atom. The molecule has 8 heteroatoms. The van der Waals surface area contributed by atoms with Gasteiger partial charge < -0.3 is 14.2 Å². The first-order valence-corrected chi connectivity index (χ1v) is 5.67. The number of carbonyl (C=O) groups excluding carboxylic acids is 1. The molecule has 0 aliphatic carbocycles. The lowest BCUT2D eigenvalue weighted by Crippen LogP contribution is -2.07. The summed E-state index contributed by atoms with van der Waals surface area (Å²) in [5, 5.41) is 10.9. The summed E-state index contributed by atoms with van der Waals surface area (Å²) in [4.78, 5) is 21.3. The van der Waals surface area contributed by atoms with Crippen molar-refractivity contribution < 1.29 is 23.9 Å². The van der Waals surface area contributed by atoms with Crippen molar-refractivity contribution in [1.82, 2.24) is 0 Å². The number of alkyl halides is 1. The van der Waals surface area contributed by atoms with Gasteiger partial charge in [-0.15, -0.1) is 11.6 Å². The number of carbonyl (C=O) groups is 1. The summed E-state index contributed by atoms with van der Waals surface area (Å²) >= 11 is 5.27. The summed E-state index contributed by atoms with van der Waals surface area (Å²) < 4.78 is 14.8. The van der Waals surface area contributed by atoms with Gasteiger partial charge in [-0.05, 0) is 6.07 Å². The van der Waals surface area contributed by atoms with E-state index in [0.717, 1.165) is 0 Å². The number of halogens is 1. The highest BCUT2D eigenvalue weighted by Gasteiger charge is 2.20. The Hall–Kier alpha value is -2.02. The van der Waals surface area contributed by atoms with Gasteiger partial charge in [-0.25, -0.2) is 0 Å². The van der Waals surface area contributed by atoms with Gasteiger partial charge in [0.05, 0.1) is 30.8 Å². The van der Waals surface area contributed by atoms with Crippen molar-refractivity contribution in [3.8, 4) is 11.5 Å². The predicted molar refractivity (Wildman–Crippen MR) is 66.7 cm³/mol. The van der Waals surface area contributed by atoms with E-state index >= 15 is 0 Å². The first-order valence-electron chi connectivity index (χ1n) is 5.14. The zero-order valence-electron chi connectivity index (χ0n) is 10.3. The predicted octanol–water partition coefficient (Wildman–Crippen LogP) is 1.89. The molecule has 1 rings (SSSR count). The zero-order valence-corrected chi connectivity index (χ0v) is 11.1. The van der Waals surface area contributed by atoms with E-state index in [1.165, 1.54) is 26.4 Å². The molecule has 1 aromatic rings. The maximum absolute atomic E-state index is 11.0. The number of esters is 1. The minimum absolute atomic E-state index is 0.195. The number of methoxy groups -OCH3 is 2. The van der Waals surface area contributed by atoms with Gasteiger partial charge in [-0.1, -0.05) is 0 Å². The Bertz CT molecular complexity index is 490. The first kappa shape index (κ1) is 15.0. The second-order valence-corrected chi connectivity index (χ2v) is 3.65. The maximum atomic E-state index is 11.0. The van der Waals surface area contributed by atoms with Crippen LogP contribution in [0, 0.1) is 10.1 Å². The van der Waals surface area contributed by atoms with E-state index in [1.54, 1.807) is 0 Å². The number of nitrogens with zero attached hydrogens (tertiary/aromatic N) is 1. The van der Waals surface area contributed by atoms with Gasteiger partial charge in [-0.3, -0.25) is 14.9 Å². The second kappa shape index (κ2) is 6.79. The number of hydrogen-bond donors (Lipinski definition) is 0. The van der Waals surface area contributed by atoms with Crippen LogP contribution in [0.1, 0.15) is 5.56 Å². The SMILES string of the molecule is COc1cc(COC(=O)CCl)c([N+](=O)[O-])cc1OC. The Morgan fingerprint density at radius 1 is 1.32 bits per heavy atom. The van der Waals surface area contributed by atoms with Crippen LogP contribution >= 0.6 is 11.6 Å². The number of nitro benzene ring substituents is 1. The molecular formula is C11H12ClNO6. The summed E-state index contributed by atoms with van der Waals surface area (Å²) in [6.07, 6.45) is 0. The van der Waals surface area contributed by atoms with E-state index in [1.807, 2.05) is 0 Å². The molecule has 0 aliphatic heterocycles. The maximum Gasteiger partial charge on any atom is 0.321 e. The van der Waals surface area contributed by atoms with Crippen LogP contribution in [0.3, 0.4) is 0 Å². The van der Waals surface area contributed by atoms with E-state index < -0.39 is 10.9 Å². The highest BCUT2D eigenvalue weighted by atomic mass is 35.5. The first-order chi connectivity index (χ1) is 9.03. The molecule has 0 aromatic heterocycles. The van der Waals surface area contributed by atoms with Crippen LogP contribution in [0.5, 0.6) is 11.5 Å². The monoisotopic (exact) mass is 289 g/mol. The minimum atomic E-state index is -0.661. The van der Waals surface area contributed by atoms with E-state index in [4.69, 9.17) is 25.8 Å². The van der Waals surface area contributed by atoms with Crippen LogP contribution in [0.25, 0.3) is 0 Å². The quantitative estimate of drug-likeness (QED) is 0.344. The van der Waals surface area contributed by atoms with Gasteiger partial charge in [0.2, 0.25) is 0 Å². The highest BCUT2D eigenvalue weighted by molar-refractivity contribution is 6.26. The van der Waals surface area contributed by atoms with Crippen molar-refractivity contribution in [2.45, 2.75) is 6.61 Å². The molecule has 0 saturated heterocycles. The Labute approximate surface area is 114 Å². The normalized spacial score (nSPS) is 9.84. The third-order valence-electron chi connectivity index (χ3n) is 2.28. The molecular weight excluding hydrogens is 278 g/mol. The van der Waals surface area contributed by atoms with Crippen LogP contribution in [0.2, 0.25) is 0 Å². The van der Waals surface area contributed by atoms with Gasteiger partial charge in [0.15, 0.2) is 11.5 Å². The second-order valence-electron chi connectivity index (χ2n) is 3.39.